The summed E-state index contributed by atoms with van der Waals surface area (Å²) in [6, 6.07) is 14.3. The number of H-pyrrole nitrogens is 2. The maximum Gasteiger partial charge on any atom is 0.182 e. The Balaban J connectivity index is 1.44. The predicted octanol–water partition coefficient (Wildman–Crippen LogP) is 5.75. The Hall–Kier alpha value is -4.31. The van der Waals surface area contributed by atoms with Crippen LogP contribution < -0.4 is 4.74 Å². The van der Waals surface area contributed by atoms with E-state index in [1.54, 1.807) is 6.20 Å². The average Bonchev–Trinajstić information content (AvgIpc) is 3.53. The van der Waals surface area contributed by atoms with Crippen molar-refractivity contribution >= 4 is 27.0 Å². The van der Waals surface area contributed by atoms with Gasteiger partial charge in [0, 0.05) is 54.2 Å². The molecule has 0 bridgehead atoms. The first-order valence-electron chi connectivity index (χ1n) is 11.8. The van der Waals surface area contributed by atoms with E-state index >= 15 is 0 Å². The number of nitrogens with one attached hydrogen (secondary N) is 2. The predicted molar refractivity (Wildman–Crippen MR) is 139 cm³/mol. The standard InChI is InChI=1S/C28H23F2N3O4S/c1-38(35,36)27-21-9-10-31-25(21)15-24(30)26(27)37-20-7-8-23(29)22(14-20)28-32-16-19(33-28)13-18-5-2-4-17(12-18)6-3-11-34/h2,4-5,7-12,14-16,31H,3,6,13H2,1H3,(H,32,33). The number of hydrogen-bond acceptors (Lipinski definition) is 5. The van der Waals surface area contributed by atoms with Crippen molar-refractivity contribution < 1.29 is 26.7 Å². The lowest BCUT2D eigenvalue weighted by Crippen LogP contribution is -2.03. The number of carbonyl (C=O) groups is 1. The summed E-state index contributed by atoms with van der Waals surface area (Å²) in [5.41, 5.74) is 3.18. The van der Waals surface area contributed by atoms with E-state index in [0.29, 0.717) is 24.8 Å². The highest BCUT2D eigenvalue weighted by Gasteiger charge is 2.24. The van der Waals surface area contributed by atoms with Crippen molar-refractivity contribution in [1.82, 2.24) is 15.0 Å². The van der Waals surface area contributed by atoms with Gasteiger partial charge in [0.2, 0.25) is 0 Å². The Bertz CT molecular complexity index is 1760. The summed E-state index contributed by atoms with van der Waals surface area (Å²) < 4.78 is 60.5. The molecule has 0 unspecified atom stereocenters. The van der Waals surface area contributed by atoms with Crippen LogP contribution in [0, 0.1) is 11.6 Å². The summed E-state index contributed by atoms with van der Waals surface area (Å²) in [7, 11) is -3.87. The highest BCUT2D eigenvalue weighted by molar-refractivity contribution is 7.91. The van der Waals surface area contributed by atoms with Crippen LogP contribution in [0.5, 0.6) is 11.5 Å². The van der Waals surface area contributed by atoms with Crippen LogP contribution in [0.15, 0.2) is 71.9 Å². The number of sulfone groups is 1. The van der Waals surface area contributed by atoms with E-state index in [1.807, 2.05) is 24.3 Å². The van der Waals surface area contributed by atoms with Gasteiger partial charge in [-0.1, -0.05) is 24.3 Å². The lowest BCUT2D eigenvalue weighted by atomic mass is 10.0. The Labute approximate surface area is 217 Å². The summed E-state index contributed by atoms with van der Waals surface area (Å²) in [5.74, 6) is -1.64. The SMILES string of the molecule is CS(=O)(=O)c1c(Oc2ccc(F)c(-c3ncc(Cc4cccc(CCC=O)c4)[nH]3)c2)c(F)cc2[nH]ccc12. The lowest BCUT2D eigenvalue weighted by Gasteiger charge is -2.13. The number of benzene rings is 3. The molecule has 194 valence electrons. The van der Waals surface area contributed by atoms with Gasteiger partial charge in [-0.15, -0.1) is 0 Å². The molecule has 0 fully saturated rings. The van der Waals surface area contributed by atoms with E-state index in [9.17, 15) is 22.0 Å². The van der Waals surface area contributed by atoms with Crippen molar-refractivity contribution in [3.8, 4) is 22.9 Å². The highest BCUT2D eigenvalue weighted by atomic mass is 32.2. The van der Waals surface area contributed by atoms with Gasteiger partial charge in [-0.3, -0.25) is 0 Å². The molecule has 2 aromatic heterocycles. The van der Waals surface area contributed by atoms with Crippen molar-refractivity contribution in [3.05, 3.63) is 95.4 Å². The van der Waals surface area contributed by atoms with Gasteiger partial charge in [0.15, 0.2) is 21.4 Å². The summed E-state index contributed by atoms with van der Waals surface area (Å²) >= 11 is 0. The molecule has 0 saturated heterocycles. The zero-order valence-corrected chi connectivity index (χ0v) is 21.1. The van der Waals surface area contributed by atoms with Gasteiger partial charge >= 0.3 is 0 Å². The van der Waals surface area contributed by atoms with Crippen LogP contribution in [0.1, 0.15) is 23.2 Å². The van der Waals surface area contributed by atoms with Crippen molar-refractivity contribution in [2.75, 3.05) is 6.26 Å². The number of nitrogens with zero attached hydrogens (tertiary/aromatic N) is 1. The summed E-state index contributed by atoms with van der Waals surface area (Å²) in [4.78, 5) is 20.6. The summed E-state index contributed by atoms with van der Waals surface area (Å²) in [5, 5.41) is 0.289. The minimum atomic E-state index is -3.87. The number of aryl methyl sites for hydroxylation is 1. The first kappa shape index (κ1) is 25.3. The normalized spacial score (nSPS) is 11.7. The van der Waals surface area contributed by atoms with Gasteiger partial charge in [-0.25, -0.2) is 22.2 Å². The number of rotatable bonds is 9. The third-order valence-electron chi connectivity index (χ3n) is 6.07. The molecule has 0 atom stereocenters. The van der Waals surface area contributed by atoms with E-state index in [4.69, 9.17) is 4.74 Å². The molecule has 0 aliphatic rings. The molecule has 7 nitrogen and oxygen atoms in total. The van der Waals surface area contributed by atoms with Gasteiger partial charge in [-0.05, 0) is 41.8 Å². The number of fused-ring (bicyclic) bond motifs is 1. The monoisotopic (exact) mass is 535 g/mol. The van der Waals surface area contributed by atoms with Crippen molar-refractivity contribution in [2.45, 2.75) is 24.2 Å². The Kier molecular flexibility index (Phi) is 6.81. The maximum atomic E-state index is 15.0. The molecule has 0 radical (unpaired) electrons. The molecule has 0 aliphatic carbocycles. The molecule has 0 spiro atoms. The fourth-order valence-electron chi connectivity index (χ4n) is 4.38. The summed E-state index contributed by atoms with van der Waals surface area (Å²) in [6.45, 7) is 0. The molecule has 5 aromatic rings. The van der Waals surface area contributed by atoms with Crippen molar-refractivity contribution in [1.29, 1.82) is 0 Å². The molecule has 0 aliphatic heterocycles. The second-order valence-electron chi connectivity index (χ2n) is 8.93. The number of halogens is 2. The molecule has 10 heteroatoms. The molecule has 2 N–H and O–H groups in total. The zero-order valence-electron chi connectivity index (χ0n) is 20.3. The fraction of sp³-hybridized carbons (Fsp3) is 0.143. The lowest BCUT2D eigenvalue weighted by molar-refractivity contribution is -0.107. The topological polar surface area (TPSA) is 105 Å². The number of ether oxygens (including phenoxy) is 1. The number of imidazole rings is 1. The number of aromatic amines is 2. The molecule has 3 aromatic carbocycles. The Morgan fingerprint density at radius 3 is 2.63 bits per heavy atom. The van der Waals surface area contributed by atoms with Crippen LogP contribution in [0.2, 0.25) is 0 Å². The van der Waals surface area contributed by atoms with Crippen LogP contribution in [-0.4, -0.2) is 35.9 Å². The molecule has 2 heterocycles. The number of aromatic nitrogens is 3. The minimum absolute atomic E-state index is 0.0425. The van der Waals surface area contributed by atoms with Crippen LogP contribution in [0.25, 0.3) is 22.3 Å². The molecular formula is C28H23F2N3O4S. The molecule has 38 heavy (non-hydrogen) atoms. The Morgan fingerprint density at radius 1 is 1.03 bits per heavy atom. The van der Waals surface area contributed by atoms with Gasteiger partial charge in [0.05, 0.1) is 5.56 Å². The average molecular weight is 536 g/mol. The van der Waals surface area contributed by atoms with E-state index < -0.39 is 27.2 Å². The maximum absolute atomic E-state index is 15.0. The number of aldehydes is 1. The number of carbonyl (C=O) groups excluding carboxylic acids is 1. The molecule has 0 amide bonds. The molecule has 5 rings (SSSR count). The minimum Gasteiger partial charge on any atom is -0.453 e. The van der Waals surface area contributed by atoms with Gasteiger partial charge < -0.3 is 19.5 Å². The highest BCUT2D eigenvalue weighted by Crippen LogP contribution is 2.38. The van der Waals surface area contributed by atoms with Gasteiger partial charge in [0.1, 0.15) is 28.6 Å². The van der Waals surface area contributed by atoms with E-state index in [-0.39, 0.29) is 27.4 Å². The first-order chi connectivity index (χ1) is 18.2. The third kappa shape index (κ3) is 5.21. The van der Waals surface area contributed by atoms with Crippen molar-refractivity contribution in [3.63, 3.8) is 0 Å². The van der Waals surface area contributed by atoms with Crippen LogP contribution in [0.3, 0.4) is 0 Å². The van der Waals surface area contributed by atoms with Crippen LogP contribution in [0.4, 0.5) is 8.78 Å². The second kappa shape index (κ2) is 10.2. The van der Waals surface area contributed by atoms with Gasteiger partial charge in [0.25, 0.3) is 0 Å². The largest absolute Gasteiger partial charge is 0.453 e. The van der Waals surface area contributed by atoms with Gasteiger partial charge in [-0.2, -0.15) is 0 Å². The quantitative estimate of drug-likeness (QED) is 0.234. The summed E-state index contributed by atoms with van der Waals surface area (Å²) in [6.07, 6.45) is 6.58. The molecular weight excluding hydrogens is 512 g/mol. The second-order valence-corrected chi connectivity index (χ2v) is 10.9. The molecule has 0 saturated carbocycles. The smallest absolute Gasteiger partial charge is 0.182 e. The number of hydrogen-bond donors (Lipinski definition) is 2. The third-order valence-corrected chi connectivity index (χ3v) is 7.21. The van der Waals surface area contributed by atoms with E-state index in [0.717, 1.165) is 41.5 Å². The van der Waals surface area contributed by atoms with Crippen LogP contribution >= 0.6 is 0 Å². The Morgan fingerprint density at radius 2 is 1.84 bits per heavy atom. The van der Waals surface area contributed by atoms with Crippen LogP contribution in [-0.2, 0) is 27.5 Å². The fourth-order valence-corrected chi connectivity index (χ4v) is 5.43. The van der Waals surface area contributed by atoms with E-state index in [1.165, 1.54) is 24.4 Å². The first-order valence-corrected chi connectivity index (χ1v) is 13.6. The van der Waals surface area contributed by atoms with E-state index in [2.05, 4.69) is 15.0 Å². The zero-order chi connectivity index (χ0) is 26.9. The van der Waals surface area contributed by atoms with Crippen molar-refractivity contribution in [2.24, 2.45) is 0 Å².